The summed E-state index contributed by atoms with van der Waals surface area (Å²) in [7, 11) is 0. The van der Waals surface area contributed by atoms with Crippen LogP contribution in [0.25, 0.3) is 0 Å². The first-order valence-electron chi connectivity index (χ1n) is 8.38. The number of pyridine rings is 1. The molecule has 0 radical (unpaired) electrons. The van der Waals surface area contributed by atoms with E-state index in [0.29, 0.717) is 35.5 Å². The summed E-state index contributed by atoms with van der Waals surface area (Å²) >= 11 is 0. The van der Waals surface area contributed by atoms with Gasteiger partial charge in [0.05, 0.1) is 12.2 Å². The second-order valence-electron chi connectivity index (χ2n) is 7.29. The highest BCUT2D eigenvalue weighted by Crippen LogP contribution is 2.47. The van der Waals surface area contributed by atoms with Crippen LogP contribution in [-0.4, -0.2) is 41.1 Å². The number of ether oxygens (including phenoxy) is 1. The van der Waals surface area contributed by atoms with E-state index in [1.165, 1.54) is 6.07 Å². The van der Waals surface area contributed by atoms with Crippen LogP contribution in [-0.2, 0) is 4.74 Å². The summed E-state index contributed by atoms with van der Waals surface area (Å²) in [6, 6.07) is 3.34. The molecule has 2 bridgehead atoms. The molecular weight excluding hydrogens is 280 g/mol. The van der Waals surface area contributed by atoms with Crippen LogP contribution in [0.2, 0.25) is 0 Å². The summed E-state index contributed by atoms with van der Waals surface area (Å²) in [5.74, 6) is 1.48. The number of aromatic nitrogens is 1. The average Bonchev–Trinajstić information content (AvgIpc) is 2.96. The summed E-state index contributed by atoms with van der Waals surface area (Å²) in [5.41, 5.74) is 1.33. The number of fused-ring (bicyclic) bond motifs is 5. The number of aromatic amines is 1. The molecule has 116 valence electrons. The van der Waals surface area contributed by atoms with Gasteiger partial charge in [-0.3, -0.25) is 9.59 Å². The maximum absolute atomic E-state index is 12.8. The van der Waals surface area contributed by atoms with Gasteiger partial charge in [-0.25, -0.2) is 0 Å². The minimum Gasteiger partial charge on any atom is -0.374 e. The molecule has 0 aromatic carbocycles. The third-order valence-corrected chi connectivity index (χ3v) is 5.87. The Hall–Kier alpha value is -1.62. The van der Waals surface area contributed by atoms with Gasteiger partial charge in [0.15, 0.2) is 0 Å². The summed E-state index contributed by atoms with van der Waals surface area (Å²) < 4.78 is 5.96. The molecule has 4 atom stereocenters. The van der Waals surface area contributed by atoms with Gasteiger partial charge < -0.3 is 14.6 Å². The molecule has 1 N–H and O–H groups in total. The standard InChI is InChI=1S/C17H20N2O3/c20-16-6-10(5-13(18-16)9-1-2-9)17(21)19-7-11-12(8-19)15-4-3-14(11)22-15/h5-6,9,11-12,14-15H,1-4,7-8H2,(H,18,20). The molecule has 4 unspecified atom stereocenters. The van der Waals surface area contributed by atoms with Gasteiger partial charge in [-0.15, -0.1) is 0 Å². The lowest BCUT2D eigenvalue weighted by Gasteiger charge is -2.19. The Balaban J connectivity index is 1.40. The van der Waals surface area contributed by atoms with Crippen molar-refractivity contribution in [2.24, 2.45) is 11.8 Å². The summed E-state index contributed by atoms with van der Waals surface area (Å²) in [6.45, 7) is 1.58. The van der Waals surface area contributed by atoms with Crippen molar-refractivity contribution >= 4 is 5.91 Å². The molecule has 3 aliphatic heterocycles. The van der Waals surface area contributed by atoms with Crippen LogP contribution in [0, 0.1) is 11.8 Å². The van der Waals surface area contributed by atoms with Gasteiger partial charge in [0, 0.05) is 42.2 Å². The van der Waals surface area contributed by atoms with Gasteiger partial charge in [0.25, 0.3) is 5.91 Å². The fraction of sp³-hybridized carbons (Fsp3) is 0.647. The van der Waals surface area contributed by atoms with Crippen molar-refractivity contribution in [2.45, 2.75) is 43.8 Å². The van der Waals surface area contributed by atoms with Gasteiger partial charge in [0.2, 0.25) is 5.56 Å². The maximum Gasteiger partial charge on any atom is 0.254 e. The molecular formula is C17H20N2O3. The molecule has 1 amide bonds. The molecule has 4 aliphatic rings. The third-order valence-electron chi connectivity index (χ3n) is 5.87. The number of hydrogen-bond acceptors (Lipinski definition) is 3. The highest BCUT2D eigenvalue weighted by atomic mass is 16.5. The molecule has 1 aromatic heterocycles. The van der Waals surface area contributed by atoms with Crippen molar-refractivity contribution in [3.05, 3.63) is 33.7 Å². The molecule has 5 nitrogen and oxygen atoms in total. The highest BCUT2D eigenvalue weighted by molar-refractivity contribution is 5.94. The molecule has 1 aromatic rings. The smallest absolute Gasteiger partial charge is 0.254 e. The molecule has 5 heteroatoms. The lowest BCUT2D eigenvalue weighted by Crippen LogP contribution is -2.32. The molecule has 3 saturated heterocycles. The fourth-order valence-electron chi connectivity index (χ4n) is 4.61. The normalized spacial score (nSPS) is 35.9. The van der Waals surface area contributed by atoms with E-state index in [1.807, 2.05) is 11.0 Å². The van der Waals surface area contributed by atoms with Crippen LogP contribution in [0.5, 0.6) is 0 Å². The van der Waals surface area contributed by atoms with Crippen molar-refractivity contribution < 1.29 is 9.53 Å². The second-order valence-corrected chi connectivity index (χ2v) is 7.29. The predicted octanol–water partition coefficient (Wildman–Crippen LogP) is 1.50. The zero-order valence-corrected chi connectivity index (χ0v) is 12.5. The molecule has 1 saturated carbocycles. The minimum absolute atomic E-state index is 0.0156. The van der Waals surface area contributed by atoms with Crippen molar-refractivity contribution in [2.75, 3.05) is 13.1 Å². The van der Waals surface area contributed by atoms with E-state index >= 15 is 0 Å². The first kappa shape index (κ1) is 12.9. The van der Waals surface area contributed by atoms with Gasteiger partial charge >= 0.3 is 0 Å². The number of rotatable bonds is 2. The van der Waals surface area contributed by atoms with E-state index in [0.717, 1.165) is 44.5 Å². The topological polar surface area (TPSA) is 62.4 Å². The van der Waals surface area contributed by atoms with Gasteiger partial charge in [-0.1, -0.05) is 0 Å². The Morgan fingerprint density at radius 2 is 1.77 bits per heavy atom. The molecule has 0 spiro atoms. The summed E-state index contributed by atoms with van der Waals surface area (Å²) in [4.78, 5) is 29.4. The fourth-order valence-corrected chi connectivity index (χ4v) is 4.61. The van der Waals surface area contributed by atoms with Gasteiger partial charge in [0.1, 0.15) is 0 Å². The molecule has 4 fully saturated rings. The maximum atomic E-state index is 12.8. The Morgan fingerprint density at radius 1 is 1.09 bits per heavy atom. The van der Waals surface area contributed by atoms with E-state index in [9.17, 15) is 9.59 Å². The second kappa shape index (κ2) is 4.44. The highest BCUT2D eigenvalue weighted by Gasteiger charge is 2.53. The van der Waals surface area contributed by atoms with E-state index in [2.05, 4.69) is 4.98 Å². The quantitative estimate of drug-likeness (QED) is 0.900. The Kier molecular flexibility index (Phi) is 2.60. The van der Waals surface area contributed by atoms with Crippen molar-refractivity contribution in [3.8, 4) is 0 Å². The van der Waals surface area contributed by atoms with Crippen LogP contribution in [0.3, 0.4) is 0 Å². The lowest BCUT2D eigenvalue weighted by molar-refractivity contribution is 0.0594. The van der Waals surface area contributed by atoms with E-state index in [-0.39, 0.29) is 11.5 Å². The van der Waals surface area contributed by atoms with Crippen molar-refractivity contribution in [1.82, 2.24) is 9.88 Å². The number of nitrogens with one attached hydrogen (secondary N) is 1. The van der Waals surface area contributed by atoms with Crippen LogP contribution < -0.4 is 5.56 Å². The number of likely N-dealkylation sites (tertiary alicyclic amines) is 1. The first-order chi connectivity index (χ1) is 10.7. The summed E-state index contributed by atoms with van der Waals surface area (Å²) in [6.07, 6.45) is 5.22. The Morgan fingerprint density at radius 3 is 2.41 bits per heavy atom. The zero-order valence-electron chi connectivity index (χ0n) is 12.5. The van der Waals surface area contributed by atoms with Crippen LogP contribution in [0.4, 0.5) is 0 Å². The van der Waals surface area contributed by atoms with Crippen LogP contribution in [0.1, 0.15) is 47.7 Å². The lowest BCUT2D eigenvalue weighted by atomic mass is 9.82. The van der Waals surface area contributed by atoms with Crippen LogP contribution in [0.15, 0.2) is 16.9 Å². The van der Waals surface area contributed by atoms with E-state index in [4.69, 9.17) is 4.74 Å². The van der Waals surface area contributed by atoms with Crippen LogP contribution >= 0.6 is 0 Å². The Bertz CT molecular complexity index is 675. The largest absolute Gasteiger partial charge is 0.374 e. The number of H-pyrrole nitrogens is 1. The number of carbonyl (C=O) groups is 1. The number of nitrogens with zero attached hydrogens (tertiary/aromatic N) is 1. The van der Waals surface area contributed by atoms with Gasteiger partial charge in [-0.05, 0) is 37.7 Å². The molecule has 22 heavy (non-hydrogen) atoms. The predicted molar refractivity (Wildman–Crippen MR) is 79.8 cm³/mol. The SMILES string of the molecule is O=C(c1cc(C2CC2)[nH]c(=O)c1)N1CC2C3CCC(O3)C2C1. The zero-order chi connectivity index (χ0) is 14.8. The Labute approximate surface area is 128 Å². The molecule has 4 heterocycles. The first-order valence-corrected chi connectivity index (χ1v) is 8.38. The van der Waals surface area contributed by atoms with Crippen molar-refractivity contribution in [1.29, 1.82) is 0 Å². The molecule has 1 aliphatic carbocycles. The molecule has 5 rings (SSSR count). The van der Waals surface area contributed by atoms with E-state index < -0.39 is 0 Å². The summed E-state index contributed by atoms with van der Waals surface area (Å²) in [5, 5.41) is 0. The number of amides is 1. The minimum atomic E-state index is -0.157. The number of carbonyl (C=O) groups excluding carboxylic acids is 1. The number of hydrogen-bond donors (Lipinski definition) is 1. The van der Waals surface area contributed by atoms with Gasteiger partial charge in [-0.2, -0.15) is 0 Å². The third kappa shape index (κ3) is 1.88. The van der Waals surface area contributed by atoms with Crippen molar-refractivity contribution in [3.63, 3.8) is 0 Å². The monoisotopic (exact) mass is 300 g/mol. The average molecular weight is 300 g/mol. The van der Waals surface area contributed by atoms with E-state index in [1.54, 1.807) is 0 Å².